The van der Waals surface area contributed by atoms with E-state index in [9.17, 15) is 22.8 Å². The van der Waals surface area contributed by atoms with Gasteiger partial charge in [0.2, 0.25) is 0 Å². The summed E-state index contributed by atoms with van der Waals surface area (Å²) in [7, 11) is 1.37. The van der Waals surface area contributed by atoms with Crippen LogP contribution in [0.15, 0.2) is 42.6 Å². The van der Waals surface area contributed by atoms with Gasteiger partial charge in [0.05, 0.1) is 29.6 Å². The topological polar surface area (TPSA) is 63.3 Å². The second-order valence-electron chi connectivity index (χ2n) is 8.51. The lowest BCUT2D eigenvalue weighted by Gasteiger charge is -2.31. The highest BCUT2D eigenvalue weighted by Gasteiger charge is 2.50. The molecule has 3 aromatic rings. The quantitative estimate of drug-likeness (QED) is 0.464. The number of alkyl halides is 3. The molecule has 4 rings (SSSR count). The standard InChI is InChI=1S/C24H22F4N4O2/c1-23(2,24(26,27)28)34-21-9-4-15(10-29)22(33-3)19(21)13-31-11-16-12-32(30-20(16)14-31)18-7-5-17(25)6-8-18/h4-9,12H,11,13-14H2,1-3H3. The van der Waals surface area contributed by atoms with E-state index in [0.717, 1.165) is 30.8 Å². The van der Waals surface area contributed by atoms with E-state index in [0.29, 0.717) is 18.7 Å². The van der Waals surface area contributed by atoms with Crippen molar-refractivity contribution in [3.63, 3.8) is 0 Å². The molecule has 34 heavy (non-hydrogen) atoms. The number of ether oxygens (including phenoxy) is 2. The second-order valence-corrected chi connectivity index (χ2v) is 8.51. The van der Waals surface area contributed by atoms with E-state index in [4.69, 9.17) is 9.47 Å². The number of hydrogen-bond acceptors (Lipinski definition) is 5. The first-order valence-electron chi connectivity index (χ1n) is 10.4. The van der Waals surface area contributed by atoms with Crippen molar-refractivity contribution in [2.24, 2.45) is 0 Å². The average molecular weight is 474 g/mol. The minimum atomic E-state index is -4.60. The molecule has 0 atom stereocenters. The number of rotatable bonds is 6. The van der Waals surface area contributed by atoms with Gasteiger partial charge < -0.3 is 9.47 Å². The van der Waals surface area contributed by atoms with Crippen molar-refractivity contribution < 1.29 is 27.0 Å². The highest BCUT2D eigenvalue weighted by molar-refractivity contribution is 5.55. The molecule has 0 bridgehead atoms. The summed E-state index contributed by atoms with van der Waals surface area (Å²) in [6.45, 7) is 3.01. The summed E-state index contributed by atoms with van der Waals surface area (Å²) in [5.74, 6) is -0.159. The van der Waals surface area contributed by atoms with Crippen LogP contribution in [0.1, 0.15) is 36.2 Å². The van der Waals surface area contributed by atoms with Crippen LogP contribution in [0.4, 0.5) is 17.6 Å². The van der Waals surface area contributed by atoms with Crippen LogP contribution in [0.5, 0.6) is 11.5 Å². The predicted octanol–water partition coefficient (Wildman–Crippen LogP) is 5.13. The third-order valence-corrected chi connectivity index (χ3v) is 5.71. The smallest absolute Gasteiger partial charge is 0.427 e. The summed E-state index contributed by atoms with van der Waals surface area (Å²) in [4.78, 5) is 1.97. The monoisotopic (exact) mass is 474 g/mol. The highest BCUT2D eigenvalue weighted by Crippen LogP contribution is 2.40. The molecule has 0 aliphatic carbocycles. The number of methoxy groups -OCH3 is 1. The van der Waals surface area contributed by atoms with E-state index in [1.54, 1.807) is 16.8 Å². The lowest BCUT2D eigenvalue weighted by atomic mass is 10.1. The number of benzene rings is 2. The molecule has 1 aliphatic rings. The highest BCUT2D eigenvalue weighted by atomic mass is 19.4. The summed E-state index contributed by atoms with van der Waals surface area (Å²) in [5, 5.41) is 14.0. The van der Waals surface area contributed by atoms with Gasteiger partial charge in [0.15, 0.2) is 5.60 Å². The molecule has 2 heterocycles. The van der Waals surface area contributed by atoms with Gasteiger partial charge >= 0.3 is 6.18 Å². The van der Waals surface area contributed by atoms with Gasteiger partial charge in [-0.2, -0.15) is 23.5 Å². The van der Waals surface area contributed by atoms with Crippen LogP contribution in [-0.4, -0.2) is 33.6 Å². The predicted molar refractivity (Wildman–Crippen MR) is 115 cm³/mol. The van der Waals surface area contributed by atoms with Gasteiger partial charge in [0, 0.05) is 31.4 Å². The molecular formula is C24H22F4N4O2. The Balaban J connectivity index is 1.60. The Morgan fingerprint density at radius 2 is 1.79 bits per heavy atom. The van der Waals surface area contributed by atoms with Crippen LogP contribution in [0.25, 0.3) is 5.69 Å². The largest absolute Gasteiger partial charge is 0.495 e. The molecule has 178 valence electrons. The molecule has 1 aromatic heterocycles. The minimum absolute atomic E-state index is 0.000841. The number of hydrogen-bond donors (Lipinski definition) is 0. The summed E-state index contributed by atoms with van der Waals surface area (Å²) in [6, 6.07) is 10.7. The maximum absolute atomic E-state index is 13.5. The van der Waals surface area contributed by atoms with Gasteiger partial charge in [-0.25, -0.2) is 9.07 Å². The number of halogens is 4. The number of fused-ring (bicyclic) bond motifs is 1. The van der Waals surface area contributed by atoms with Crippen molar-refractivity contribution in [1.82, 2.24) is 14.7 Å². The molecule has 0 saturated carbocycles. The second kappa shape index (κ2) is 8.65. The molecule has 0 radical (unpaired) electrons. The summed E-state index contributed by atoms with van der Waals surface area (Å²) in [6.07, 6.45) is -2.75. The zero-order chi connectivity index (χ0) is 24.7. The van der Waals surface area contributed by atoms with Crippen molar-refractivity contribution in [3.05, 3.63) is 70.8 Å². The van der Waals surface area contributed by atoms with Crippen molar-refractivity contribution in [1.29, 1.82) is 5.26 Å². The first kappa shape index (κ1) is 23.6. The molecular weight excluding hydrogens is 452 g/mol. The van der Waals surface area contributed by atoms with Crippen LogP contribution < -0.4 is 9.47 Å². The summed E-state index contributed by atoms with van der Waals surface area (Å²) >= 11 is 0. The Hall–Kier alpha value is -3.58. The van der Waals surface area contributed by atoms with Crippen molar-refractivity contribution in [3.8, 4) is 23.3 Å². The number of aromatic nitrogens is 2. The number of nitriles is 1. The van der Waals surface area contributed by atoms with Crippen LogP contribution in [0.3, 0.4) is 0 Å². The van der Waals surface area contributed by atoms with E-state index >= 15 is 0 Å². The Kier molecular flexibility index (Phi) is 6.00. The van der Waals surface area contributed by atoms with Crippen molar-refractivity contribution in [2.45, 2.75) is 45.3 Å². The first-order chi connectivity index (χ1) is 16.0. The fraction of sp³-hybridized carbons (Fsp3) is 0.333. The van der Waals surface area contributed by atoms with E-state index in [-0.39, 0.29) is 29.4 Å². The number of nitrogens with zero attached hydrogens (tertiary/aromatic N) is 4. The van der Waals surface area contributed by atoms with Gasteiger partial charge in [0.1, 0.15) is 23.4 Å². The molecule has 10 heteroatoms. The molecule has 0 amide bonds. The molecule has 0 saturated heterocycles. The fourth-order valence-electron chi connectivity index (χ4n) is 3.79. The van der Waals surface area contributed by atoms with Gasteiger partial charge in [-0.1, -0.05) is 0 Å². The Morgan fingerprint density at radius 1 is 1.09 bits per heavy atom. The molecule has 0 spiro atoms. The molecule has 2 aromatic carbocycles. The van der Waals surface area contributed by atoms with Gasteiger partial charge in [-0.15, -0.1) is 0 Å². The van der Waals surface area contributed by atoms with Crippen molar-refractivity contribution in [2.75, 3.05) is 7.11 Å². The lowest BCUT2D eigenvalue weighted by molar-refractivity contribution is -0.234. The fourth-order valence-corrected chi connectivity index (χ4v) is 3.79. The van der Waals surface area contributed by atoms with Crippen molar-refractivity contribution >= 4 is 0 Å². The zero-order valence-electron chi connectivity index (χ0n) is 18.8. The van der Waals surface area contributed by atoms with Gasteiger partial charge in [0.25, 0.3) is 0 Å². The van der Waals surface area contributed by atoms with E-state index < -0.39 is 11.8 Å². The van der Waals surface area contributed by atoms with E-state index in [2.05, 4.69) is 5.10 Å². The summed E-state index contributed by atoms with van der Waals surface area (Å²) in [5.41, 5.74) is 0.583. The Bertz CT molecular complexity index is 1220. The molecule has 0 unspecified atom stereocenters. The van der Waals surface area contributed by atoms with Crippen LogP contribution >= 0.6 is 0 Å². The Morgan fingerprint density at radius 3 is 2.38 bits per heavy atom. The van der Waals surface area contributed by atoms with Crippen LogP contribution in [0.2, 0.25) is 0 Å². The molecule has 1 aliphatic heterocycles. The van der Waals surface area contributed by atoms with E-state index in [1.807, 2.05) is 17.2 Å². The first-order valence-corrected chi connectivity index (χ1v) is 10.4. The van der Waals surface area contributed by atoms with Gasteiger partial charge in [-0.3, -0.25) is 4.90 Å². The molecule has 0 fully saturated rings. The molecule has 0 N–H and O–H groups in total. The average Bonchev–Trinajstić information content (AvgIpc) is 3.33. The lowest BCUT2D eigenvalue weighted by Crippen LogP contribution is -2.44. The zero-order valence-corrected chi connectivity index (χ0v) is 18.8. The SMILES string of the molecule is COc1c(C#N)ccc(OC(C)(C)C(F)(F)F)c1CN1Cc2cn(-c3ccc(F)cc3)nc2C1. The maximum Gasteiger partial charge on any atom is 0.427 e. The van der Waals surface area contributed by atoms with E-state index in [1.165, 1.54) is 31.4 Å². The normalized spacial score (nSPS) is 14.1. The molecule has 6 nitrogen and oxygen atoms in total. The Labute approximate surface area is 193 Å². The third kappa shape index (κ3) is 4.43. The van der Waals surface area contributed by atoms with Gasteiger partial charge in [-0.05, 0) is 50.2 Å². The van der Waals surface area contributed by atoms with Crippen LogP contribution in [0, 0.1) is 17.1 Å². The third-order valence-electron chi connectivity index (χ3n) is 5.71. The maximum atomic E-state index is 13.5. The minimum Gasteiger partial charge on any atom is -0.495 e. The van der Waals surface area contributed by atoms with Crippen LogP contribution in [-0.2, 0) is 19.6 Å². The summed E-state index contributed by atoms with van der Waals surface area (Å²) < 4.78 is 66.1.